The van der Waals surface area contributed by atoms with E-state index < -0.39 is 31.3 Å². The zero-order valence-corrected chi connectivity index (χ0v) is 21.2. The van der Waals surface area contributed by atoms with Crippen LogP contribution in [0.3, 0.4) is 0 Å². The standard InChI is InChI=1S/C27H25F3N8O2/c28-20-9-16(14-4-5-14)8-15-6-7-38(25(40)23(15)20)21-3-1-2-18(19(21)13-39)24-34-26(31)36-27(35-24)33-17-10-32-37(11-17)12-22(29)30/h1-3,8-11,14,22,39H,4-7,12-13H2,(H3,31,33,34,35,36). The molecule has 40 heavy (non-hydrogen) atoms. The molecule has 4 N–H and O–H groups in total. The summed E-state index contributed by atoms with van der Waals surface area (Å²) in [5.74, 6) is -0.624. The van der Waals surface area contributed by atoms with E-state index in [1.165, 1.54) is 23.4 Å². The number of aliphatic hydroxyl groups is 1. The molecule has 0 radical (unpaired) electrons. The fourth-order valence-electron chi connectivity index (χ4n) is 5.04. The molecule has 0 atom stereocenters. The van der Waals surface area contributed by atoms with E-state index >= 15 is 4.39 Å². The highest BCUT2D eigenvalue weighted by Gasteiger charge is 2.33. The van der Waals surface area contributed by atoms with Gasteiger partial charge in [0.2, 0.25) is 11.9 Å². The van der Waals surface area contributed by atoms with E-state index in [1.54, 1.807) is 18.2 Å². The third-order valence-corrected chi connectivity index (χ3v) is 7.02. The molecule has 2 aliphatic rings. The van der Waals surface area contributed by atoms with E-state index in [0.29, 0.717) is 46.9 Å². The van der Waals surface area contributed by atoms with Gasteiger partial charge < -0.3 is 21.1 Å². The fraction of sp³-hybridized carbons (Fsp3) is 0.296. The number of aromatic nitrogens is 5. The number of amides is 1. The molecule has 6 rings (SSSR count). The summed E-state index contributed by atoms with van der Waals surface area (Å²) in [6.07, 6.45) is 2.69. The molecule has 1 aliphatic carbocycles. The molecule has 1 amide bonds. The Morgan fingerprint density at radius 1 is 1.18 bits per heavy atom. The van der Waals surface area contributed by atoms with Gasteiger partial charge in [0, 0.05) is 23.9 Å². The van der Waals surface area contributed by atoms with E-state index in [0.717, 1.165) is 23.1 Å². The molecule has 1 saturated carbocycles. The van der Waals surface area contributed by atoms with Crippen LogP contribution in [0.1, 0.15) is 45.8 Å². The van der Waals surface area contributed by atoms with Gasteiger partial charge in [0.05, 0.1) is 29.7 Å². The first-order valence-electron chi connectivity index (χ1n) is 12.8. The lowest BCUT2D eigenvalue weighted by Crippen LogP contribution is -2.39. The lowest BCUT2D eigenvalue weighted by Gasteiger charge is -2.31. The molecule has 0 saturated heterocycles. The van der Waals surface area contributed by atoms with Gasteiger partial charge in [-0.25, -0.2) is 13.2 Å². The van der Waals surface area contributed by atoms with Crippen LogP contribution in [0.25, 0.3) is 11.4 Å². The number of aliphatic hydroxyl groups excluding tert-OH is 1. The highest BCUT2D eigenvalue weighted by atomic mass is 19.3. The average Bonchev–Trinajstić information content (AvgIpc) is 3.68. The Labute approximate surface area is 226 Å². The number of nitrogen functional groups attached to an aromatic ring is 1. The van der Waals surface area contributed by atoms with E-state index in [4.69, 9.17) is 5.73 Å². The van der Waals surface area contributed by atoms with Crippen LogP contribution in [0.5, 0.6) is 0 Å². The number of nitrogens with zero attached hydrogens (tertiary/aromatic N) is 6. The molecule has 2 aromatic carbocycles. The molecule has 206 valence electrons. The number of carbonyl (C=O) groups is 1. The van der Waals surface area contributed by atoms with Crippen LogP contribution in [0.15, 0.2) is 42.7 Å². The van der Waals surface area contributed by atoms with Crippen molar-refractivity contribution < 1.29 is 23.1 Å². The molecule has 0 spiro atoms. The van der Waals surface area contributed by atoms with Gasteiger partial charge in [-0.15, -0.1) is 0 Å². The molecule has 0 unspecified atom stereocenters. The van der Waals surface area contributed by atoms with Crippen LogP contribution in [-0.2, 0) is 19.6 Å². The monoisotopic (exact) mass is 550 g/mol. The van der Waals surface area contributed by atoms with Crippen molar-refractivity contribution in [2.75, 3.05) is 22.5 Å². The van der Waals surface area contributed by atoms with Crippen LogP contribution in [0.2, 0.25) is 0 Å². The van der Waals surface area contributed by atoms with Crippen LogP contribution in [0, 0.1) is 5.82 Å². The first kappa shape index (κ1) is 25.7. The highest BCUT2D eigenvalue weighted by molar-refractivity contribution is 6.09. The topological polar surface area (TPSA) is 135 Å². The summed E-state index contributed by atoms with van der Waals surface area (Å²) in [5, 5.41) is 17.1. The zero-order chi connectivity index (χ0) is 28.0. The van der Waals surface area contributed by atoms with Crippen molar-refractivity contribution in [2.24, 2.45) is 0 Å². The second kappa shape index (κ2) is 10.2. The van der Waals surface area contributed by atoms with Crippen molar-refractivity contribution in [2.45, 2.75) is 44.8 Å². The van der Waals surface area contributed by atoms with Gasteiger partial charge in [-0.1, -0.05) is 18.2 Å². The van der Waals surface area contributed by atoms with Crippen molar-refractivity contribution >= 4 is 29.2 Å². The SMILES string of the molecule is Nc1nc(Nc2cnn(CC(F)F)c2)nc(-c2cccc(N3CCc4cc(C5CC5)cc(F)c4C3=O)c2CO)n1. The third kappa shape index (κ3) is 4.95. The summed E-state index contributed by atoms with van der Waals surface area (Å²) in [6, 6.07) is 8.42. The number of nitrogens with one attached hydrogen (secondary N) is 1. The summed E-state index contributed by atoms with van der Waals surface area (Å²) in [7, 11) is 0. The Morgan fingerprint density at radius 3 is 2.75 bits per heavy atom. The van der Waals surface area contributed by atoms with Crippen molar-refractivity contribution in [1.82, 2.24) is 24.7 Å². The largest absolute Gasteiger partial charge is 0.392 e. The Morgan fingerprint density at radius 2 is 2.00 bits per heavy atom. The molecule has 1 aliphatic heterocycles. The van der Waals surface area contributed by atoms with Gasteiger partial charge in [0.15, 0.2) is 5.82 Å². The lowest BCUT2D eigenvalue weighted by atomic mass is 9.93. The quantitative estimate of drug-likeness (QED) is 0.299. The van der Waals surface area contributed by atoms with E-state index in [-0.39, 0.29) is 23.3 Å². The van der Waals surface area contributed by atoms with Crippen molar-refractivity contribution in [3.63, 3.8) is 0 Å². The zero-order valence-electron chi connectivity index (χ0n) is 21.2. The van der Waals surface area contributed by atoms with E-state index in [2.05, 4.69) is 25.4 Å². The Balaban J connectivity index is 1.32. The first-order valence-corrected chi connectivity index (χ1v) is 12.8. The van der Waals surface area contributed by atoms with Crippen LogP contribution < -0.4 is 16.0 Å². The summed E-state index contributed by atoms with van der Waals surface area (Å²) >= 11 is 0. The van der Waals surface area contributed by atoms with Crippen LogP contribution >= 0.6 is 0 Å². The summed E-state index contributed by atoms with van der Waals surface area (Å²) in [4.78, 5) is 27.6. The second-order valence-electron chi connectivity index (χ2n) is 9.79. The van der Waals surface area contributed by atoms with Crippen molar-refractivity contribution in [3.05, 3.63) is 70.8 Å². The minimum Gasteiger partial charge on any atom is -0.392 e. The number of rotatable bonds is 8. The van der Waals surface area contributed by atoms with Gasteiger partial charge in [0.25, 0.3) is 12.3 Å². The maximum absolute atomic E-state index is 15.1. The molecule has 13 heteroatoms. The third-order valence-electron chi connectivity index (χ3n) is 7.02. The number of hydrogen-bond donors (Lipinski definition) is 3. The smallest absolute Gasteiger partial charge is 0.261 e. The molecule has 0 bridgehead atoms. The Hall–Kier alpha value is -4.52. The van der Waals surface area contributed by atoms with E-state index in [1.807, 2.05) is 6.07 Å². The Bertz CT molecular complexity index is 1600. The predicted octanol–water partition coefficient (Wildman–Crippen LogP) is 4.04. The van der Waals surface area contributed by atoms with Crippen molar-refractivity contribution in [3.8, 4) is 11.4 Å². The second-order valence-corrected chi connectivity index (χ2v) is 9.79. The molecular formula is C27H25F3N8O2. The number of fused-ring (bicyclic) bond motifs is 1. The normalized spacial score (nSPS) is 15.0. The number of anilines is 4. The summed E-state index contributed by atoms with van der Waals surface area (Å²) in [5.41, 5.74) is 9.14. The van der Waals surface area contributed by atoms with Crippen LogP contribution in [0.4, 0.5) is 36.4 Å². The number of benzene rings is 2. The van der Waals surface area contributed by atoms with Gasteiger partial charge in [-0.05, 0) is 48.4 Å². The number of hydrogen-bond acceptors (Lipinski definition) is 8. The maximum Gasteiger partial charge on any atom is 0.261 e. The fourth-order valence-corrected chi connectivity index (χ4v) is 5.04. The van der Waals surface area contributed by atoms with Gasteiger partial charge in [-0.2, -0.15) is 20.1 Å². The molecular weight excluding hydrogens is 525 g/mol. The minimum atomic E-state index is -2.56. The first-order chi connectivity index (χ1) is 19.3. The maximum atomic E-state index is 15.1. The van der Waals surface area contributed by atoms with Crippen molar-refractivity contribution in [1.29, 1.82) is 0 Å². The van der Waals surface area contributed by atoms with Gasteiger partial charge in [-0.3, -0.25) is 9.48 Å². The molecule has 4 aromatic rings. The van der Waals surface area contributed by atoms with Crippen LogP contribution in [-0.4, -0.2) is 48.7 Å². The molecule has 10 nitrogen and oxygen atoms in total. The minimum absolute atomic E-state index is 0.0323. The summed E-state index contributed by atoms with van der Waals surface area (Å²) in [6.45, 7) is -0.714. The Kier molecular flexibility index (Phi) is 6.58. The molecule has 2 aromatic heterocycles. The molecule has 1 fully saturated rings. The number of nitrogens with two attached hydrogens (primary N) is 1. The summed E-state index contributed by atoms with van der Waals surface area (Å²) < 4.78 is 41.5. The number of halogens is 3. The van der Waals surface area contributed by atoms with Gasteiger partial charge in [0.1, 0.15) is 12.4 Å². The predicted molar refractivity (Wildman–Crippen MR) is 141 cm³/mol. The van der Waals surface area contributed by atoms with E-state index in [9.17, 15) is 18.7 Å². The lowest BCUT2D eigenvalue weighted by molar-refractivity contribution is 0.0975. The molecule has 3 heterocycles. The number of carbonyl (C=O) groups excluding carboxylic acids is 1. The highest BCUT2D eigenvalue weighted by Crippen LogP contribution is 2.42. The number of alkyl halides is 2. The average molecular weight is 551 g/mol. The van der Waals surface area contributed by atoms with Gasteiger partial charge >= 0.3 is 0 Å².